The van der Waals surface area contributed by atoms with Crippen molar-refractivity contribution in [1.29, 1.82) is 0 Å². The van der Waals surface area contributed by atoms with Crippen molar-refractivity contribution in [3.8, 4) is 11.5 Å². The molecular formula is C15H14F2O2. The number of halogens is 2. The zero-order valence-electron chi connectivity index (χ0n) is 10.5. The van der Waals surface area contributed by atoms with Crippen molar-refractivity contribution in [3.05, 3.63) is 59.2 Å². The van der Waals surface area contributed by atoms with E-state index >= 15 is 0 Å². The summed E-state index contributed by atoms with van der Waals surface area (Å²) in [6, 6.07) is 9.21. The summed E-state index contributed by atoms with van der Waals surface area (Å²) in [5.41, 5.74) is 1.04. The molecule has 0 saturated heterocycles. The van der Waals surface area contributed by atoms with Crippen LogP contribution in [0.15, 0.2) is 36.4 Å². The van der Waals surface area contributed by atoms with Gasteiger partial charge in [-0.25, -0.2) is 8.78 Å². The van der Waals surface area contributed by atoms with Crippen molar-refractivity contribution in [2.75, 3.05) is 0 Å². The number of para-hydroxylation sites is 1. The Kier molecular flexibility index (Phi) is 4.12. The van der Waals surface area contributed by atoms with Crippen molar-refractivity contribution in [2.24, 2.45) is 0 Å². The molecule has 0 aliphatic heterocycles. The summed E-state index contributed by atoms with van der Waals surface area (Å²) in [5.74, 6) is -1.66. The van der Waals surface area contributed by atoms with Gasteiger partial charge < -0.3 is 9.84 Å². The number of rotatable bonds is 4. The van der Waals surface area contributed by atoms with Crippen LogP contribution in [0.25, 0.3) is 0 Å². The van der Waals surface area contributed by atoms with Crippen molar-refractivity contribution in [3.63, 3.8) is 0 Å². The SMILES string of the molecule is CCc1ccccc1Oc1c(F)cc(CO)cc1F. The monoisotopic (exact) mass is 264 g/mol. The van der Waals surface area contributed by atoms with Crippen LogP contribution in [0.4, 0.5) is 8.78 Å². The number of hydrogen-bond donors (Lipinski definition) is 1. The minimum Gasteiger partial charge on any atom is -0.451 e. The molecular weight excluding hydrogens is 250 g/mol. The molecule has 19 heavy (non-hydrogen) atoms. The summed E-state index contributed by atoms with van der Waals surface area (Å²) in [7, 11) is 0. The summed E-state index contributed by atoms with van der Waals surface area (Å²) < 4.78 is 32.8. The molecule has 100 valence electrons. The summed E-state index contributed by atoms with van der Waals surface area (Å²) in [4.78, 5) is 0. The first kappa shape index (κ1) is 13.5. The largest absolute Gasteiger partial charge is 0.451 e. The van der Waals surface area contributed by atoms with Crippen LogP contribution in [0.3, 0.4) is 0 Å². The predicted molar refractivity (Wildman–Crippen MR) is 68.2 cm³/mol. The molecule has 0 amide bonds. The first-order chi connectivity index (χ1) is 9.15. The molecule has 2 rings (SSSR count). The molecule has 4 heteroatoms. The molecule has 2 aromatic carbocycles. The van der Waals surface area contributed by atoms with E-state index in [1.807, 2.05) is 19.1 Å². The van der Waals surface area contributed by atoms with Gasteiger partial charge in [0.1, 0.15) is 5.75 Å². The van der Waals surface area contributed by atoms with E-state index in [-0.39, 0.29) is 5.56 Å². The highest BCUT2D eigenvalue weighted by atomic mass is 19.1. The normalized spacial score (nSPS) is 10.5. The molecule has 2 nitrogen and oxygen atoms in total. The second-order valence-electron chi connectivity index (χ2n) is 4.11. The Morgan fingerprint density at radius 1 is 1.11 bits per heavy atom. The molecule has 2 aromatic rings. The van der Waals surface area contributed by atoms with E-state index in [1.165, 1.54) is 0 Å². The van der Waals surface area contributed by atoms with E-state index in [2.05, 4.69) is 0 Å². The van der Waals surface area contributed by atoms with Gasteiger partial charge in [-0.1, -0.05) is 25.1 Å². The smallest absolute Gasteiger partial charge is 0.198 e. The van der Waals surface area contributed by atoms with Crippen molar-refractivity contribution in [1.82, 2.24) is 0 Å². The fourth-order valence-corrected chi connectivity index (χ4v) is 1.81. The maximum absolute atomic E-state index is 13.7. The fraction of sp³-hybridized carbons (Fsp3) is 0.200. The van der Waals surface area contributed by atoms with Crippen LogP contribution in [-0.4, -0.2) is 5.11 Å². The Morgan fingerprint density at radius 3 is 2.32 bits per heavy atom. The minimum absolute atomic E-state index is 0.172. The average Bonchev–Trinajstić information content (AvgIpc) is 2.43. The number of benzene rings is 2. The van der Waals surface area contributed by atoms with E-state index in [1.54, 1.807) is 12.1 Å². The van der Waals surface area contributed by atoms with Crippen molar-refractivity contribution < 1.29 is 18.6 Å². The summed E-state index contributed by atoms with van der Waals surface area (Å²) in [6.45, 7) is 1.52. The number of aryl methyl sites for hydroxylation is 1. The van der Waals surface area contributed by atoms with Gasteiger partial charge in [-0.15, -0.1) is 0 Å². The van der Waals surface area contributed by atoms with E-state index in [0.29, 0.717) is 12.2 Å². The highest BCUT2D eigenvalue weighted by Gasteiger charge is 2.14. The molecule has 0 aromatic heterocycles. The van der Waals surface area contributed by atoms with Gasteiger partial charge >= 0.3 is 0 Å². The molecule has 0 heterocycles. The highest BCUT2D eigenvalue weighted by molar-refractivity contribution is 5.40. The van der Waals surface area contributed by atoms with Gasteiger partial charge in [-0.2, -0.15) is 0 Å². The molecule has 0 unspecified atom stereocenters. The summed E-state index contributed by atoms with van der Waals surface area (Å²) in [6.07, 6.45) is 0.703. The number of hydrogen-bond acceptors (Lipinski definition) is 2. The van der Waals surface area contributed by atoms with Gasteiger partial charge in [0.15, 0.2) is 17.4 Å². The number of aliphatic hydroxyl groups excluding tert-OH is 1. The standard InChI is InChI=1S/C15H14F2O2/c1-2-11-5-3-4-6-14(11)19-15-12(16)7-10(9-18)8-13(15)17/h3-8,18H,2,9H2,1H3. The second-order valence-corrected chi connectivity index (χ2v) is 4.11. The quantitative estimate of drug-likeness (QED) is 0.909. The fourth-order valence-electron chi connectivity index (χ4n) is 1.81. The molecule has 0 fully saturated rings. The molecule has 0 aliphatic rings. The zero-order valence-corrected chi connectivity index (χ0v) is 10.5. The van der Waals surface area contributed by atoms with Gasteiger partial charge in [-0.05, 0) is 35.7 Å². The third-order valence-corrected chi connectivity index (χ3v) is 2.81. The Bertz CT molecular complexity index is 559. The molecule has 0 aliphatic carbocycles. The predicted octanol–water partition coefficient (Wildman–Crippen LogP) is 3.81. The van der Waals surface area contributed by atoms with Crippen LogP contribution < -0.4 is 4.74 Å². The lowest BCUT2D eigenvalue weighted by Gasteiger charge is -2.12. The maximum atomic E-state index is 13.7. The first-order valence-corrected chi connectivity index (χ1v) is 6.00. The topological polar surface area (TPSA) is 29.5 Å². The summed E-state index contributed by atoms with van der Waals surface area (Å²) >= 11 is 0. The van der Waals surface area contributed by atoms with Crippen LogP contribution >= 0.6 is 0 Å². The molecule has 0 atom stereocenters. The lowest BCUT2D eigenvalue weighted by atomic mass is 10.1. The molecule has 0 saturated carbocycles. The van der Waals surface area contributed by atoms with Crippen LogP contribution in [0.2, 0.25) is 0 Å². The maximum Gasteiger partial charge on any atom is 0.198 e. The number of ether oxygens (including phenoxy) is 1. The Morgan fingerprint density at radius 2 is 1.74 bits per heavy atom. The van der Waals surface area contributed by atoms with Crippen molar-refractivity contribution >= 4 is 0 Å². The third kappa shape index (κ3) is 2.90. The van der Waals surface area contributed by atoms with Gasteiger partial charge in [-0.3, -0.25) is 0 Å². The van der Waals surface area contributed by atoms with Gasteiger partial charge in [0.05, 0.1) is 6.61 Å². The molecule has 0 spiro atoms. The van der Waals surface area contributed by atoms with E-state index < -0.39 is 24.0 Å². The highest BCUT2D eigenvalue weighted by Crippen LogP contribution is 2.30. The Balaban J connectivity index is 2.38. The van der Waals surface area contributed by atoms with Gasteiger partial charge in [0, 0.05) is 0 Å². The minimum atomic E-state index is -0.824. The Labute approximate surface area is 110 Å². The van der Waals surface area contributed by atoms with Gasteiger partial charge in [0.25, 0.3) is 0 Å². The summed E-state index contributed by atoms with van der Waals surface area (Å²) in [5, 5.41) is 8.88. The lowest BCUT2D eigenvalue weighted by Crippen LogP contribution is -1.97. The molecule has 0 bridgehead atoms. The van der Waals surface area contributed by atoms with Crippen molar-refractivity contribution in [2.45, 2.75) is 20.0 Å². The number of aliphatic hydroxyl groups is 1. The second kappa shape index (κ2) is 5.80. The van der Waals surface area contributed by atoms with Gasteiger partial charge in [0.2, 0.25) is 0 Å². The van der Waals surface area contributed by atoms with E-state index in [4.69, 9.17) is 9.84 Å². The van der Waals surface area contributed by atoms with Crippen LogP contribution in [0.5, 0.6) is 11.5 Å². The first-order valence-electron chi connectivity index (χ1n) is 6.00. The van der Waals surface area contributed by atoms with Crippen LogP contribution in [0.1, 0.15) is 18.1 Å². The van der Waals surface area contributed by atoms with E-state index in [9.17, 15) is 8.78 Å². The zero-order chi connectivity index (χ0) is 13.8. The van der Waals surface area contributed by atoms with Crippen LogP contribution in [-0.2, 0) is 13.0 Å². The lowest BCUT2D eigenvalue weighted by molar-refractivity contribution is 0.279. The molecule has 0 radical (unpaired) electrons. The Hall–Kier alpha value is -1.94. The average molecular weight is 264 g/mol. The third-order valence-electron chi connectivity index (χ3n) is 2.81. The van der Waals surface area contributed by atoms with Crippen LogP contribution in [0, 0.1) is 11.6 Å². The van der Waals surface area contributed by atoms with E-state index in [0.717, 1.165) is 17.7 Å². The molecule has 1 N–H and O–H groups in total.